The first-order valence-corrected chi connectivity index (χ1v) is 8.02. The molecule has 1 aliphatic rings. The van der Waals surface area contributed by atoms with E-state index in [2.05, 4.69) is 34.6 Å². The topological polar surface area (TPSA) is 31.5 Å². The molecule has 0 saturated heterocycles. The predicted octanol–water partition coefficient (Wildman–Crippen LogP) is 5.87. The van der Waals surface area contributed by atoms with Gasteiger partial charge in [-0.3, -0.25) is 0 Å². The molecule has 114 valence electrons. The van der Waals surface area contributed by atoms with Crippen molar-refractivity contribution in [3.63, 3.8) is 0 Å². The van der Waals surface area contributed by atoms with E-state index in [4.69, 9.17) is 0 Å². The Morgan fingerprint density at radius 1 is 0.778 bits per heavy atom. The van der Waals surface area contributed by atoms with Gasteiger partial charge in [-0.2, -0.15) is 0 Å². The highest BCUT2D eigenvalue weighted by Gasteiger charge is 2.05. The van der Waals surface area contributed by atoms with Crippen molar-refractivity contribution in [1.82, 2.24) is 0 Å². The molecule has 1 heteroatoms. The molecule has 0 radical (unpaired) electrons. The fourth-order valence-electron chi connectivity index (χ4n) is 1.97. The van der Waals surface area contributed by atoms with Crippen LogP contribution in [0.3, 0.4) is 0 Å². The summed E-state index contributed by atoms with van der Waals surface area (Å²) in [6.45, 7) is 15.5. The lowest BCUT2D eigenvalue weighted by molar-refractivity contribution is 0.385. The second kappa shape index (κ2) is 17.0. The highest BCUT2D eigenvalue weighted by atomic mass is 16.0. The molecule has 0 aromatic rings. The Balaban J connectivity index is -0.000000210. The molecule has 0 bridgehead atoms. The molecule has 0 aliphatic heterocycles. The zero-order valence-electron chi connectivity index (χ0n) is 14.2. The first kappa shape index (κ1) is 23.1. The SMILES string of the molecule is CC.CC(C)CCC(C)C.CC1CCCCC1.O. The van der Waals surface area contributed by atoms with Crippen LogP contribution in [-0.4, -0.2) is 5.48 Å². The first-order chi connectivity index (χ1) is 8.02. The largest absolute Gasteiger partial charge is 0.412 e. The van der Waals surface area contributed by atoms with Gasteiger partial charge in [0.05, 0.1) is 0 Å². The van der Waals surface area contributed by atoms with Crippen LogP contribution in [0.25, 0.3) is 0 Å². The molecule has 0 atom stereocenters. The van der Waals surface area contributed by atoms with Crippen molar-refractivity contribution < 1.29 is 5.48 Å². The molecular weight excluding hydrogens is 220 g/mol. The van der Waals surface area contributed by atoms with Crippen LogP contribution in [0.5, 0.6) is 0 Å². The average Bonchev–Trinajstić information content (AvgIpc) is 2.31. The van der Waals surface area contributed by atoms with Gasteiger partial charge in [0.2, 0.25) is 0 Å². The van der Waals surface area contributed by atoms with Crippen molar-refractivity contribution >= 4 is 0 Å². The molecule has 0 amide bonds. The van der Waals surface area contributed by atoms with Gasteiger partial charge in [0, 0.05) is 0 Å². The molecular formula is C17H40O. The normalized spacial score (nSPS) is 15.2. The number of hydrogen-bond acceptors (Lipinski definition) is 0. The van der Waals surface area contributed by atoms with Gasteiger partial charge >= 0.3 is 0 Å². The van der Waals surface area contributed by atoms with Crippen LogP contribution in [0.4, 0.5) is 0 Å². The van der Waals surface area contributed by atoms with Crippen molar-refractivity contribution in [1.29, 1.82) is 0 Å². The summed E-state index contributed by atoms with van der Waals surface area (Å²) in [5, 5.41) is 0. The lowest BCUT2D eigenvalue weighted by Gasteiger charge is -2.15. The fraction of sp³-hybridized carbons (Fsp3) is 1.00. The summed E-state index contributed by atoms with van der Waals surface area (Å²) in [5.74, 6) is 2.81. The van der Waals surface area contributed by atoms with Crippen molar-refractivity contribution in [3.05, 3.63) is 0 Å². The maximum absolute atomic E-state index is 2.36. The van der Waals surface area contributed by atoms with E-state index in [0.29, 0.717) is 0 Å². The maximum Gasteiger partial charge on any atom is -0.0443 e. The van der Waals surface area contributed by atoms with Gasteiger partial charge in [-0.15, -0.1) is 0 Å². The third-order valence-corrected chi connectivity index (χ3v) is 3.22. The predicted molar refractivity (Wildman–Crippen MR) is 86.1 cm³/mol. The summed E-state index contributed by atoms with van der Waals surface area (Å²) in [6, 6.07) is 0. The summed E-state index contributed by atoms with van der Waals surface area (Å²) in [7, 11) is 0. The quantitative estimate of drug-likeness (QED) is 0.608. The molecule has 1 rings (SSSR count). The summed E-state index contributed by atoms with van der Waals surface area (Å²) in [6.07, 6.45) is 10.2. The Morgan fingerprint density at radius 3 is 1.28 bits per heavy atom. The second-order valence-corrected chi connectivity index (χ2v) is 6.11. The zero-order valence-corrected chi connectivity index (χ0v) is 14.2. The molecule has 1 saturated carbocycles. The van der Waals surface area contributed by atoms with Gasteiger partial charge in [0.15, 0.2) is 0 Å². The van der Waals surface area contributed by atoms with E-state index in [0.717, 1.165) is 17.8 Å². The summed E-state index contributed by atoms with van der Waals surface area (Å²) < 4.78 is 0. The summed E-state index contributed by atoms with van der Waals surface area (Å²) >= 11 is 0. The van der Waals surface area contributed by atoms with Crippen LogP contribution in [0.1, 0.15) is 93.4 Å². The second-order valence-electron chi connectivity index (χ2n) is 6.11. The van der Waals surface area contributed by atoms with E-state index < -0.39 is 0 Å². The average molecular weight is 261 g/mol. The summed E-state index contributed by atoms with van der Waals surface area (Å²) in [4.78, 5) is 0. The maximum atomic E-state index is 2.36. The van der Waals surface area contributed by atoms with Crippen LogP contribution in [-0.2, 0) is 0 Å². The van der Waals surface area contributed by atoms with Crippen LogP contribution in [0, 0.1) is 17.8 Å². The van der Waals surface area contributed by atoms with Gasteiger partial charge in [-0.1, -0.05) is 93.4 Å². The Bertz CT molecular complexity index is 116. The van der Waals surface area contributed by atoms with Crippen molar-refractivity contribution in [2.75, 3.05) is 0 Å². The summed E-state index contributed by atoms with van der Waals surface area (Å²) in [5.41, 5.74) is 0. The Morgan fingerprint density at radius 2 is 1.11 bits per heavy atom. The molecule has 18 heavy (non-hydrogen) atoms. The van der Waals surface area contributed by atoms with Crippen molar-refractivity contribution in [2.24, 2.45) is 17.8 Å². The van der Waals surface area contributed by atoms with Gasteiger partial charge in [0.25, 0.3) is 0 Å². The minimum absolute atomic E-state index is 0. The van der Waals surface area contributed by atoms with Gasteiger partial charge in [-0.25, -0.2) is 0 Å². The Kier molecular flexibility index (Phi) is 21.7. The lowest BCUT2D eigenvalue weighted by atomic mass is 9.91. The molecule has 1 nitrogen and oxygen atoms in total. The zero-order chi connectivity index (χ0) is 13.7. The van der Waals surface area contributed by atoms with Crippen molar-refractivity contribution in [2.45, 2.75) is 93.4 Å². The van der Waals surface area contributed by atoms with Crippen molar-refractivity contribution in [3.8, 4) is 0 Å². The first-order valence-electron chi connectivity index (χ1n) is 8.02. The van der Waals surface area contributed by atoms with E-state index in [1.807, 2.05) is 13.8 Å². The third kappa shape index (κ3) is 21.3. The molecule has 0 aromatic carbocycles. The van der Waals surface area contributed by atoms with E-state index >= 15 is 0 Å². The van der Waals surface area contributed by atoms with E-state index in [1.165, 1.54) is 44.9 Å². The number of rotatable bonds is 3. The number of hydrogen-bond donors (Lipinski definition) is 0. The third-order valence-electron chi connectivity index (χ3n) is 3.22. The standard InChI is InChI=1S/C8H18.C7H14.C2H6.H2O/c1-7(2)5-6-8(3)4;1-7-5-3-2-4-6-7;1-2;/h7-8H,5-6H2,1-4H3;7H,2-6H2,1H3;1-2H3;1H2. The van der Waals surface area contributed by atoms with Gasteiger partial charge in [0.1, 0.15) is 0 Å². The highest BCUT2D eigenvalue weighted by Crippen LogP contribution is 2.22. The van der Waals surface area contributed by atoms with Crippen LogP contribution in [0.15, 0.2) is 0 Å². The molecule has 1 fully saturated rings. The van der Waals surface area contributed by atoms with E-state index in [1.54, 1.807) is 0 Å². The minimum atomic E-state index is 0. The molecule has 0 aromatic heterocycles. The fourth-order valence-corrected chi connectivity index (χ4v) is 1.97. The van der Waals surface area contributed by atoms with E-state index in [-0.39, 0.29) is 5.48 Å². The van der Waals surface area contributed by atoms with E-state index in [9.17, 15) is 0 Å². The molecule has 0 spiro atoms. The molecule has 2 N–H and O–H groups in total. The monoisotopic (exact) mass is 260 g/mol. The highest BCUT2D eigenvalue weighted by molar-refractivity contribution is 4.59. The van der Waals surface area contributed by atoms with Gasteiger partial charge < -0.3 is 5.48 Å². The molecule has 0 heterocycles. The van der Waals surface area contributed by atoms with Gasteiger partial charge in [-0.05, 0) is 17.8 Å². The van der Waals surface area contributed by atoms with Crippen LogP contribution < -0.4 is 0 Å². The minimum Gasteiger partial charge on any atom is -0.412 e. The molecule has 0 unspecified atom stereocenters. The van der Waals surface area contributed by atoms with Crippen LogP contribution in [0.2, 0.25) is 0 Å². The molecule has 1 aliphatic carbocycles. The Labute approximate surface area is 117 Å². The Hall–Kier alpha value is -0.0400. The lowest BCUT2D eigenvalue weighted by Crippen LogP contribution is -1.99. The smallest absolute Gasteiger partial charge is 0.0443 e. The van der Waals surface area contributed by atoms with Crippen LogP contribution >= 0.6 is 0 Å².